The number of hydrogen-bond donors (Lipinski definition) is 5. The van der Waals surface area contributed by atoms with Crippen LogP contribution in [0.25, 0.3) is 11.1 Å². The Labute approximate surface area is 312 Å². The first-order valence-electron chi connectivity index (χ1n) is 18.0. The standard InChI is InChI=1S/C39H54N2O11S/c1-4-5-6-9-12-15-31(42)16-13-10-7-8-11-14-17-33(39(50,38(48)49)27-35(43)44)36(45)40-34(37(46)47)26-28-18-20-29(21-19-28)30-22-24-32(25-23-30)53(51,52)41(2)3/h14,17-25,33-34,50H,4-13,15-16,26-27H2,1-3H3,(H,40,45)(H,43,44)(H,46,47)(H,48,49)/b17-14+/t33-,34-,39-/m0/s1. The van der Waals surface area contributed by atoms with Gasteiger partial charge in [0, 0.05) is 33.4 Å². The van der Waals surface area contributed by atoms with Crippen LogP contribution in [0.3, 0.4) is 0 Å². The first-order valence-corrected chi connectivity index (χ1v) is 19.5. The van der Waals surface area contributed by atoms with Crippen molar-refractivity contribution in [2.45, 2.75) is 113 Å². The Hall–Kier alpha value is -4.40. The number of carboxylic acids is 3. The van der Waals surface area contributed by atoms with Gasteiger partial charge < -0.3 is 25.7 Å². The van der Waals surface area contributed by atoms with Gasteiger partial charge in [-0.2, -0.15) is 0 Å². The van der Waals surface area contributed by atoms with Crippen LogP contribution in [0.4, 0.5) is 0 Å². The fourth-order valence-electron chi connectivity index (χ4n) is 5.79. The summed E-state index contributed by atoms with van der Waals surface area (Å²) in [4.78, 5) is 61.5. The number of hydrogen-bond acceptors (Lipinski definition) is 8. The molecule has 0 spiro atoms. The third kappa shape index (κ3) is 14.5. The van der Waals surface area contributed by atoms with Crippen LogP contribution in [-0.4, -0.2) is 88.5 Å². The summed E-state index contributed by atoms with van der Waals surface area (Å²) in [5, 5.41) is 42.4. The molecule has 0 aliphatic heterocycles. The number of allylic oxidation sites excluding steroid dienone is 1. The van der Waals surface area contributed by atoms with Crippen LogP contribution in [-0.2, 0) is 40.4 Å². The lowest BCUT2D eigenvalue weighted by Crippen LogP contribution is -2.55. The number of amides is 1. The monoisotopic (exact) mass is 758 g/mol. The van der Waals surface area contributed by atoms with Gasteiger partial charge >= 0.3 is 17.9 Å². The van der Waals surface area contributed by atoms with Gasteiger partial charge in [-0.25, -0.2) is 22.3 Å². The summed E-state index contributed by atoms with van der Waals surface area (Å²) in [6.07, 6.45) is 10.9. The van der Waals surface area contributed by atoms with Gasteiger partial charge in [0.25, 0.3) is 0 Å². The number of sulfonamides is 1. The SMILES string of the molecule is CCCCCCCC(=O)CCCCCC/C=C/[C@@H](C(=O)N[C@@H](Cc1ccc(-c2ccc(S(=O)(=O)N(C)C)cc2)cc1)C(=O)O)[C@@](O)(CC(=O)O)C(=O)O. The lowest BCUT2D eigenvalue weighted by Gasteiger charge is -2.29. The van der Waals surface area contributed by atoms with Gasteiger partial charge in [-0.1, -0.05) is 94.0 Å². The summed E-state index contributed by atoms with van der Waals surface area (Å²) in [6.45, 7) is 2.14. The zero-order valence-corrected chi connectivity index (χ0v) is 31.6. The molecular weight excluding hydrogens is 704 g/mol. The molecule has 0 unspecified atom stereocenters. The molecule has 3 atom stereocenters. The van der Waals surface area contributed by atoms with E-state index in [1.165, 1.54) is 38.7 Å². The molecule has 0 bridgehead atoms. The van der Waals surface area contributed by atoms with Crippen LogP contribution < -0.4 is 5.32 Å². The van der Waals surface area contributed by atoms with Crippen LogP contribution in [0.15, 0.2) is 65.6 Å². The third-order valence-electron chi connectivity index (χ3n) is 9.03. The number of carbonyl (C=O) groups excluding carboxylic acids is 2. The van der Waals surface area contributed by atoms with E-state index in [1.807, 2.05) is 0 Å². The van der Waals surface area contributed by atoms with Gasteiger partial charge in [0.05, 0.1) is 17.2 Å². The van der Waals surface area contributed by atoms with Crippen LogP contribution in [0.5, 0.6) is 0 Å². The molecule has 1 amide bonds. The number of unbranched alkanes of at least 4 members (excludes halogenated alkanes) is 8. The second kappa shape index (κ2) is 22.0. The Morgan fingerprint density at radius 1 is 0.792 bits per heavy atom. The molecule has 0 radical (unpaired) electrons. The number of carboxylic acid groups (broad SMARTS) is 3. The van der Waals surface area contributed by atoms with Crippen molar-refractivity contribution in [2.24, 2.45) is 5.92 Å². The summed E-state index contributed by atoms with van der Waals surface area (Å²) in [6, 6.07) is 11.3. The number of benzene rings is 2. The van der Waals surface area contributed by atoms with Gasteiger partial charge in [-0.3, -0.25) is 14.4 Å². The maximum atomic E-state index is 13.4. The molecule has 2 aromatic rings. The van der Waals surface area contributed by atoms with Crippen LogP contribution in [0.1, 0.15) is 96.0 Å². The summed E-state index contributed by atoms with van der Waals surface area (Å²) in [5.41, 5.74) is -1.15. The van der Waals surface area contributed by atoms with E-state index in [9.17, 15) is 52.8 Å². The predicted octanol–water partition coefficient (Wildman–Crippen LogP) is 5.45. The number of aliphatic carboxylic acids is 3. The van der Waals surface area contributed by atoms with Gasteiger partial charge in [0.15, 0.2) is 5.60 Å². The van der Waals surface area contributed by atoms with E-state index >= 15 is 0 Å². The molecule has 53 heavy (non-hydrogen) atoms. The fraction of sp³-hybridized carbons (Fsp3) is 0.513. The molecule has 0 aromatic heterocycles. The van der Waals surface area contributed by atoms with Crippen LogP contribution in [0.2, 0.25) is 0 Å². The molecule has 0 aliphatic rings. The average molecular weight is 759 g/mol. The van der Waals surface area contributed by atoms with E-state index < -0.39 is 57.8 Å². The van der Waals surface area contributed by atoms with Gasteiger partial charge in [-0.05, 0) is 54.5 Å². The maximum Gasteiger partial charge on any atom is 0.337 e. The average Bonchev–Trinajstić information content (AvgIpc) is 3.10. The Bertz CT molecular complexity index is 1650. The molecule has 14 heteroatoms. The normalized spacial score (nSPS) is 14.1. The van der Waals surface area contributed by atoms with E-state index in [2.05, 4.69) is 12.2 Å². The fourth-order valence-corrected chi connectivity index (χ4v) is 6.70. The number of Topliss-reactive ketones (excluding diaryl/α,β-unsaturated/α-hetero) is 1. The lowest BCUT2D eigenvalue weighted by molar-refractivity contribution is -0.172. The Morgan fingerprint density at radius 3 is 1.81 bits per heavy atom. The minimum Gasteiger partial charge on any atom is -0.481 e. The number of rotatable bonds is 26. The quantitative estimate of drug-likeness (QED) is 0.0601. The Morgan fingerprint density at radius 2 is 1.32 bits per heavy atom. The van der Waals surface area contributed by atoms with E-state index in [1.54, 1.807) is 36.4 Å². The summed E-state index contributed by atoms with van der Waals surface area (Å²) in [5.74, 6) is -7.89. The number of nitrogens with one attached hydrogen (secondary N) is 1. The van der Waals surface area contributed by atoms with E-state index in [-0.39, 0.29) is 17.1 Å². The summed E-state index contributed by atoms with van der Waals surface area (Å²) >= 11 is 0. The molecule has 5 N–H and O–H groups in total. The van der Waals surface area contributed by atoms with Gasteiger partial charge in [-0.15, -0.1) is 0 Å². The highest BCUT2D eigenvalue weighted by molar-refractivity contribution is 7.89. The van der Waals surface area contributed by atoms with Gasteiger partial charge in [0.1, 0.15) is 11.8 Å². The maximum absolute atomic E-state index is 13.4. The first-order chi connectivity index (χ1) is 25.0. The van der Waals surface area contributed by atoms with Crippen molar-refractivity contribution in [1.29, 1.82) is 0 Å². The molecule has 2 aromatic carbocycles. The predicted molar refractivity (Wildman–Crippen MR) is 200 cm³/mol. The molecule has 292 valence electrons. The van der Waals surface area contributed by atoms with Crippen molar-refractivity contribution in [1.82, 2.24) is 9.62 Å². The second-order valence-corrected chi connectivity index (χ2v) is 15.6. The number of aliphatic hydroxyl groups is 1. The molecule has 13 nitrogen and oxygen atoms in total. The summed E-state index contributed by atoms with van der Waals surface area (Å²) in [7, 11) is -0.743. The zero-order chi connectivity index (χ0) is 39.6. The highest BCUT2D eigenvalue weighted by Gasteiger charge is 2.49. The van der Waals surface area contributed by atoms with Crippen molar-refractivity contribution in [2.75, 3.05) is 14.1 Å². The Balaban J connectivity index is 2.08. The molecule has 0 heterocycles. The minimum absolute atomic E-state index is 0.122. The third-order valence-corrected chi connectivity index (χ3v) is 10.9. The van der Waals surface area contributed by atoms with Crippen molar-refractivity contribution in [3.05, 3.63) is 66.2 Å². The molecule has 2 rings (SSSR count). The number of carbonyl (C=O) groups is 5. The van der Waals surface area contributed by atoms with Crippen molar-refractivity contribution < 1.29 is 52.8 Å². The zero-order valence-electron chi connectivity index (χ0n) is 30.8. The molecular formula is C39H54N2O11S. The number of nitrogens with zero attached hydrogens (tertiary/aromatic N) is 1. The second-order valence-electron chi connectivity index (χ2n) is 13.5. The van der Waals surface area contributed by atoms with E-state index in [0.717, 1.165) is 55.3 Å². The largest absolute Gasteiger partial charge is 0.481 e. The highest BCUT2D eigenvalue weighted by Crippen LogP contribution is 2.27. The number of ketones is 1. The van der Waals surface area contributed by atoms with Crippen LogP contribution >= 0.6 is 0 Å². The van der Waals surface area contributed by atoms with Crippen LogP contribution in [0, 0.1) is 5.92 Å². The first kappa shape index (κ1) is 44.8. The van der Waals surface area contributed by atoms with Crippen molar-refractivity contribution >= 4 is 39.6 Å². The molecule has 0 saturated heterocycles. The smallest absolute Gasteiger partial charge is 0.337 e. The van der Waals surface area contributed by atoms with Crippen molar-refractivity contribution in [3.63, 3.8) is 0 Å². The lowest BCUT2D eigenvalue weighted by atomic mass is 9.82. The van der Waals surface area contributed by atoms with E-state index in [4.69, 9.17) is 0 Å². The Kier molecular flexibility index (Phi) is 18.5. The van der Waals surface area contributed by atoms with Gasteiger partial charge in [0.2, 0.25) is 15.9 Å². The topological polar surface area (TPSA) is 216 Å². The highest BCUT2D eigenvalue weighted by atomic mass is 32.2. The van der Waals surface area contributed by atoms with Crippen molar-refractivity contribution in [3.8, 4) is 11.1 Å². The minimum atomic E-state index is -3.61. The molecule has 0 aliphatic carbocycles. The molecule has 0 saturated carbocycles. The molecule has 0 fully saturated rings. The van der Waals surface area contributed by atoms with E-state index in [0.29, 0.717) is 42.4 Å². The summed E-state index contributed by atoms with van der Waals surface area (Å²) < 4.78 is 25.8.